The van der Waals surface area contributed by atoms with Crippen LogP contribution in [0.25, 0.3) is 0 Å². The average molecular weight is 475 g/mol. The summed E-state index contributed by atoms with van der Waals surface area (Å²) in [5.41, 5.74) is 0.563. The summed E-state index contributed by atoms with van der Waals surface area (Å²) in [6.07, 6.45) is -4.77. The van der Waals surface area contributed by atoms with E-state index in [1.165, 1.54) is 36.4 Å². The molecule has 0 aliphatic carbocycles. The standard InChI is InChI=1S/C22H22FN3O6S/c23-12-6-8-13(9-7-12)24-22-25-20(31)16-19(33-22)18(30)17(29)15(14(28)10-27)26(16)21(32)11-4-2-1-3-5-11/h1-9,14-19,27-30H,10H2,(H,24,25,31)/t14-,15+,16+,17+,18-,19+/m0/s1. The molecule has 2 aliphatic heterocycles. The third-order valence-corrected chi connectivity index (χ3v) is 6.83. The van der Waals surface area contributed by atoms with Crippen LogP contribution in [-0.4, -0.2) is 84.6 Å². The van der Waals surface area contributed by atoms with Gasteiger partial charge in [0.2, 0.25) is 5.91 Å². The molecule has 2 aromatic carbocycles. The van der Waals surface area contributed by atoms with Gasteiger partial charge in [0.1, 0.15) is 24.1 Å². The molecule has 33 heavy (non-hydrogen) atoms. The monoisotopic (exact) mass is 475 g/mol. The van der Waals surface area contributed by atoms with Crippen LogP contribution in [0.3, 0.4) is 0 Å². The Kier molecular flexibility index (Phi) is 6.77. The Labute approximate surface area is 192 Å². The summed E-state index contributed by atoms with van der Waals surface area (Å²) >= 11 is 0.944. The molecule has 2 aliphatic rings. The highest BCUT2D eigenvalue weighted by Crippen LogP contribution is 2.38. The van der Waals surface area contributed by atoms with Crippen molar-refractivity contribution in [2.24, 2.45) is 4.99 Å². The lowest BCUT2D eigenvalue weighted by Crippen LogP contribution is -2.74. The van der Waals surface area contributed by atoms with Crippen LogP contribution in [0.4, 0.5) is 10.1 Å². The number of amides is 2. The number of aliphatic imine (C=N–C) groups is 1. The predicted octanol–water partition coefficient (Wildman–Crippen LogP) is 0.0130. The Morgan fingerprint density at radius 3 is 2.42 bits per heavy atom. The fraction of sp³-hybridized carbons (Fsp3) is 0.318. The first kappa shape index (κ1) is 23.3. The SMILES string of the molecule is O=C1NC(=Nc2ccc(F)cc2)S[C@H]2[C@@H](O)[C@H](O)[C@@H]([C@@H](O)CO)N(C(=O)c3ccccc3)[C@@H]12. The number of nitrogens with one attached hydrogen (secondary N) is 1. The zero-order valence-corrected chi connectivity index (χ0v) is 18.0. The fourth-order valence-corrected chi connectivity index (χ4v) is 5.30. The van der Waals surface area contributed by atoms with E-state index in [9.17, 15) is 34.4 Å². The lowest BCUT2D eigenvalue weighted by atomic mass is 9.85. The van der Waals surface area contributed by atoms with Crippen LogP contribution in [-0.2, 0) is 4.79 Å². The lowest BCUT2D eigenvalue weighted by Gasteiger charge is -2.52. The average Bonchev–Trinajstić information content (AvgIpc) is 2.82. The van der Waals surface area contributed by atoms with Crippen LogP contribution in [0.15, 0.2) is 59.6 Å². The maximum Gasteiger partial charge on any atom is 0.255 e. The number of hydrogen-bond acceptors (Lipinski definition) is 8. The van der Waals surface area contributed by atoms with Crippen molar-refractivity contribution < 1.29 is 34.4 Å². The predicted molar refractivity (Wildman–Crippen MR) is 118 cm³/mol. The maximum absolute atomic E-state index is 13.4. The number of piperidine rings is 1. The quantitative estimate of drug-likeness (QED) is 0.419. The van der Waals surface area contributed by atoms with Crippen molar-refractivity contribution in [2.75, 3.05) is 6.61 Å². The molecule has 2 heterocycles. The molecule has 174 valence electrons. The number of hydrogen-bond donors (Lipinski definition) is 5. The summed E-state index contributed by atoms with van der Waals surface area (Å²) < 4.78 is 13.2. The molecule has 6 atom stereocenters. The van der Waals surface area contributed by atoms with E-state index in [1.54, 1.807) is 18.2 Å². The third kappa shape index (κ3) is 4.50. The minimum absolute atomic E-state index is 0.104. The molecule has 0 bridgehead atoms. The van der Waals surface area contributed by atoms with Crippen molar-refractivity contribution >= 4 is 34.4 Å². The van der Waals surface area contributed by atoms with Gasteiger partial charge in [-0.15, -0.1) is 0 Å². The molecule has 5 N–H and O–H groups in total. The number of rotatable bonds is 4. The van der Waals surface area contributed by atoms with E-state index in [-0.39, 0.29) is 10.7 Å². The number of thioether (sulfide) groups is 1. The normalized spacial score (nSPS) is 29.4. The van der Waals surface area contributed by atoms with E-state index >= 15 is 0 Å². The maximum atomic E-state index is 13.4. The lowest BCUT2D eigenvalue weighted by molar-refractivity contribution is -0.145. The summed E-state index contributed by atoms with van der Waals surface area (Å²) in [5.74, 6) is -1.78. The van der Waals surface area contributed by atoms with Gasteiger partial charge < -0.3 is 30.6 Å². The summed E-state index contributed by atoms with van der Waals surface area (Å²) in [7, 11) is 0. The van der Waals surface area contributed by atoms with Gasteiger partial charge in [0.05, 0.1) is 29.7 Å². The number of fused-ring (bicyclic) bond motifs is 1. The molecule has 4 rings (SSSR count). The van der Waals surface area contributed by atoms with Crippen LogP contribution >= 0.6 is 11.8 Å². The Hall–Kier alpha value is -2.83. The Morgan fingerprint density at radius 1 is 1.12 bits per heavy atom. The van der Waals surface area contributed by atoms with Gasteiger partial charge in [-0.25, -0.2) is 9.38 Å². The second kappa shape index (κ2) is 9.57. The second-order valence-electron chi connectivity index (χ2n) is 7.71. The molecular weight excluding hydrogens is 453 g/mol. The topological polar surface area (TPSA) is 143 Å². The first-order chi connectivity index (χ1) is 15.8. The van der Waals surface area contributed by atoms with E-state index in [4.69, 9.17) is 0 Å². The molecule has 0 spiro atoms. The molecule has 11 heteroatoms. The number of carbonyl (C=O) groups excluding carboxylic acids is 2. The van der Waals surface area contributed by atoms with Crippen molar-refractivity contribution in [3.63, 3.8) is 0 Å². The molecular formula is C22H22FN3O6S. The van der Waals surface area contributed by atoms with Crippen LogP contribution in [0.2, 0.25) is 0 Å². The highest BCUT2D eigenvalue weighted by atomic mass is 32.2. The van der Waals surface area contributed by atoms with Crippen molar-refractivity contribution in [1.29, 1.82) is 0 Å². The number of likely N-dealkylation sites (tertiary alicyclic amines) is 1. The van der Waals surface area contributed by atoms with Gasteiger partial charge in [0, 0.05) is 5.56 Å². The number of carbonyl (C=O) groups is 2. The summed E-state index contributed by atoms with van der Waals surface area (Å²) in [4.78, 5) is 31.8. The van der Waals surface area contributed by atoms with Gasteiger partial charge >= 0.3 is 0 Å². The van der Waals surface area contributed by atoms with Gasteiger partial charge in [-0.1, -0.05) is 30.0 Å². The zero-order chi connectivity index (χ0) is 23.7. The number of amidine groups is 1. The largest absolute Gasteiger partial charge is 0.394 e. The Morgan fingerprint density at radius 2 is 1.79 bits per heavy atom. The number of nitrogens with zero attached hydrogens (tertiary/aromatic N) is 2. The Bertz CT molecular complexity index is 1050. The first-order valence-electron chi connectivity index (χ1n) is 10.2. The number of aliphatic hydroxyl groups is 4. The third-order valence-electron chi connectivity index (χ3n) is 5.61. The first-order valence-corrected chi connectivity index (χ1v) is 11.0. The van der Waals surface area contributed by atoms with Gasteiger partial charge in [-0.2, -0.15) is 0 Å². The molecule has 0 radical (unpaired) electrons. The number of benzene rings is 2. The fourth-order valence-electron chi connectivity index (χ4n) is 4.04. The van der Waals surface area contributed by atoms with Gasteiger partial charge in [-0.05, 0) is 36.4 Å². The Balaban J connectivity index is 1.72. The summed E-state index contributed by atoms with van der Waals surface area (Å²) in [6, 6.07) is 10.5. The summed E-state index contributed by atoms with van der Waals surface area (Å²) in [6.45, 7) is -0.795. The summed E-state index contributed by atoms with van der Waals surface area (Å²) in [5, 5.41) is 43.2. The van der Waals surface area contributed by atoms with Crippen LogP contribution in [0, 0.1) is 5.82 Å². The van der Waals surface area contributed by atoms with E-state index in [0.717, 1.165) is 16.7 Å². The minimum atomic E-state index is -1.65. The molecule has 2 aromatic rings. The van der Waals surface area contributed by atoms with Crippen LogP contribution in [0.1, 0.15) is 10.4 Å². The smallest absolute Gasteiger partial charge is 0.255 e. The van der Waals surface area contributed by atoms with Crippen molar-refractivity contribution in [1.82, 2.24) is 10.2 Å². The van der Waals surface area contributed by atoms with Crippen molar-refractivity contribution in [2.45, 2.75) is 35.6 Å². The molecule has 2 fully saturated rings. The van der Waals surface area contributed by atoms with E-state index in [2.05, 4.69) is 10.3 Å². The molecule has 0 aromatic heterocycles. The zero-order valence-electron chi connectivity index (χ0n) is 17.2. The van der Waals surface area contributed by atoms with Gasteiger partial charge in [0.15, 0.2) is 5.17 Å². The van der Waals surface area contributed by atoms with Crippen molar-refractivity contribution in [3.8, 4) is 0 Å². The molecule has 2 amide bonds. The molecule has 9 nitrogen and oxygen atoms in total. The number of halogens is 1. The minimum Gasteiger partial charge on any atom is -0.394 e. The second-order valence-corrected chi connectivity index (χ2v) is 8.88. The van der Waals surface area contributed by atoms with Gasteiger partial charge in [-0.3, -0.25) is 9.59 Å². The molecule has 2 saturated heterocycles. The number of aliphatic hydroxyl groups excluding tert-OH is 4. The van der Waals surface area contributed by atoms with E-state index < -0.39 is 59.9 Å². The highest BCUT2D eigenvalue weighted by Gasteiger charge is 2.57. The highest BCUT2D eigenvalue weighted by molar-refractivity contribution is 8.14. The molecule has 0 saturated carbocycles. The van der Waals surface area contributed by atoms with Crippen LogP contribution in [0.5, 0.6) is 0 Å². The van der Waals surface area contributed by atoms with Gasteiger partial charge in [0.25, 0.3) is 5.91 Å². The van der Waals surface area contributed by atoms with E-state index in [1.807, 2.05) is 0 Å². The van der Waals surface area contributed by atoms with Crippen molar-refractivity contribution in [3.05, 3.63) is 66.0 Å². The van der Waals surface area contributed by atoms with Crippen LogP contribution < -0.4 is 5.32 Å². The van der Waals surface area contributed by atoms with E-state index in [0.29, 0.717) is 5.69 Å². The molecule has 0 unspecified atom stereocenters.